The van der Waals surface area contributed by atoms with Gasteiger partial charge in [-0.3, -0.25) is 37.3 Å². The summed E-state index contributed by atoms with van der Waals surface area (Å²) in [5.74, 6) is 0.732. The second-order valence-electron chi connectivity index (χ2n) is 24.2. The van der Waals surface area contributed by atoms with Crippen molar-refractivity contribution in [1.82, 2.24) is 0 Å². The Morgan fingerprint density at radius 2 is 0.585 bits per heavy atom. The first kappa shape index (κ1) is 80.1. The van der Waals surface area contributed by atoms with Gasteiger partial charge in [0, 0.05) is 25.7 Å². The molecule has 0 bridgehead atoms. The number of aliphatic hydroxyl groups excluding tert-OH is 1. The number of unbranched alkanes of at least 4 members (excludes halogenated alkanes) is 24. The van der Waals surface area contributed by atoms with Crippen LogP contribution in [-0.4, -0.2) is 96.7 Å². The van der Waals surface area contributed by atoms with Gasteiger partial charge in [-0.05, 0) is 49.4 Å². The van der Waals surface area contributed by atoms with Gasteiger partial charge < -0.3 is 33.8 Å². The zero-order valence-electron chi connectivity index (χ0n) is 53.1. The lowest BCUT2D eigenvalue weighted by Crippen LogP contribution is -2.30. The van der Waals surface area contributed by atoms with Gasteiger partial charge in [0.25, 0.3) is 0 Å². The van der Waals surface area contributed by atoms with Crippen molar-refractivity contribution in [3.63, 3.8) is 0 Å². The van der Waals surface area contributed by atoms with E-state index in [0.717, 1.165) is 114 Å². The summed E-state index contributed by atoms with van der Waals surface area (Å²) in [6.07, 6.45) is 32.3. The molecule has 0 fully saturated rings. The molecule has 0 aromatic heterocycles. The Bertz CT molecular complexity index is 1650. The van der Waals surface area contributed by atoms with E-state index in [4.69, 9.17) is 37.0 Å². The molecule has 82 heavy (non-hydrogen) atoms. The topological polar surface area (TPSA) is 237 Å². The standard InChI is InChI=1S/C63H122O17P2/c1-9-55(7)41-33-25-18-21-28-36-44-61(66)74-50-59(79-62(67)45-37-29-20-17-24-32-40-54(5)6)52-78-82(71,72)76-48-57(64)47-75-81(69,70)77-51-58(80-63(68)46-38-30-22-19-26-34-42-56(8)10-2)49-73-60(65)43-35-27-16-14-12-11-13-15-23-31-39-53(3)4/h53-59,64H,9-52H2,1-8H3,(H,69,70)(H,71,72)/t55?,56?,57-,58-,59-/m1/s1. The summed E-state index contributed by atoms with van der Waals surface area (Å²) < 4.78 is 67.9. The number of hydrogen-bond donors (Lipinski definition) is 3. The first-order chi connectivity index (χ1) is 39.2. The van der Waals surface area contributed by atoms with Crippen molar-refractivity contribution in [2.24, 2.45) is 23.7 Å². The molecule has 0 spiro atoms. The van der Waals surface area contributed by atoms with E-state index in [1.807, 2.05) is 0 Å². The third-order valence-corrected chi connectivity index (χ3v) is 16.9. The van der Waals surface area contributed by atoms with Gasteiger partial charge in [-0.2, -0.15) is 0 Å². The van der Waals surface area contributed by atoms with Gasteiger partial charge in [-0.15, -0.1) is 0 Å². The molecule has 0 aliphatic rings. The summed E-state index contributed by atoms with van der Waals surface area (Å²) in [6, 6.07) is 0. The number of esters is 4. The van der Waals surface area contributed by atoms with Gasteiger partial charge in [-0.25, -0.2) is 9.13 Å². The summed E-state index contributed by atoms with van der Waals surface area (Å²) in [7, 11) is -9.89. The van der Waals surface area contributed by atoms with Crippen LogP contribution in [0.15, 0.2) is 0 Å². The fraction of sp³-hybridized carbons (Fsp3) is 0.937. The van der Waals surface area contributed by atoms with Crippen LogP contribution in [0.5, 0.6) is 0 Å². The normalized spacial score (nSPS) is 15.1. The van der Waals surface area contributed by atoms with Gasteiger partial charge in [-0.1, -0.05) is 248 Å². The predicted octanol–water partition coefficient (Wildman–Crippen LogP) is 17.0. The lowest BCUT2D eigenvalue weighted by Gasteiger charge is -2.21. The minimum Gasteiger partial charge on any atom is -0.462 e. The van der Waals surface area contributed by atoms with Crippen LogP contribution in [0.4, 0.5) is 0 Å². The van der Waals surface area contributed by atoms with E-state index in [0.29, 0.717) is 31.6 Å². The molecule has 4 unspecified atom stereocenters. The van der Waals surface area contributed by atoms with E-state index in [1.54, 1.807) is 0 Å². The van der Waals surface area contributed by atoms with Crippen LogP contribution in [-0.2, 0) is 65.4 Å². The zero-order chi connectivity index (χ0) is 61.1. The largest absolute Gasteiger partial charge is 0.472 e. The van der Waals surface area contributed by atoms with Crippen LogP contribution in [0.2, 0.25) is 0 Å². The van der Waals surface area contributed by atoms with Crippen LogP contribution in [0.25, 0.3) is 0 Å². The Balaban J connectivity index is 5.24. The minimum atomic E-state index is -4.94. The highest BCUT2D eigenvalue weighted by atomic mass is 31.2. The second-order valence-corrected chi connectivity index (χ2v) is 27.1. The molecule has 0 aromatic carbocycles. The summed E-state index contributed by atoms with van der Waals surface area (Å²) in [5, 5.41) is 10.5. The quantitative estimate of drug-likeness (QED) is 0.0222. The van der Waals surface area contributed by atoms with Crippen molar-refractivity contribution in [3.05, 3.63) is 0 Å². The molecule has 3 N–H and O–H groups in total. The molecule has 0 saturated carbocycles. The second kappa shape index (κ2) is 53.3. The average Bonchev–Trinajstić information content (AvgIpc) is 3.44. The number of ether oxygens (including phenoxy) is 4. The van der Waals surface area contributed by atoms with Crippen molar-refractivity contribution in [3.8, 4) is 0 Å². The monoisotopic (exact) mass is 1210 g/mol. The van der Waals surface area contributed by atoms with E-state index < -0.39 is 97.5 Å². The van der Waals surface area contributed by atoms with Gasteiger partial charge in [0.1, 0.15) is 19.3 Å². The molecule has 0 heterocycles. The predicted molar refractivity (Wildman–Crippen MR) is 326 cm³/mol. The number of carbonyl (C=O) groups excluding carboxylic acids is 4. The molecule has 7 atom stereocenters. The number of aliphatic hydroxyl groups is 1. The Morgan fingerprint density at radius 3 is 0.866 bits per heavy atom. The average molecular weight is 1210 g/mol. The minimum absolute atomic E-state index is 0.100. The maximum absolute atomic E-state index is 13.0. The van der Waals surface area contributed by atoms with Crippen molar-refractivity contribution in [1.29, 1.82) is 0 Å². The van der Waals surface area contributed by atoms with Crippen LogP contribution < -0.4 is 0 Å². The lowest BCUT2D eigenvalue weighted by molar-refractivity contribution is -0.161. The van der Waals surface area contributed by atoms with Gasteiger partial charge in [0.05, 0.1) is 26.4 Å². The maximum Gasteiger partial charge on any atom is 0.472 e. The Labute approximate surface area is 498 Å². The van der Waals surface area contributed by atoms with E-state index >= 15 is 0 Å². The first-order valence-corrected chi connectivity index (χ1v) is 35.8. The van der Waals surface area contributed by atoms with Crippen LogP contribution in [0.1, 0.15) is 299 Å². The van der Waals surface area contributed by atoms with Crippen molar-refractivity contribution < 1.29 is 80.2 Å². The zero-order valence-corrected chi connectivity index (χ0v) is 54.9. The van der Waals surface area contributed by atoms with Gasteiger partial charge in [0.2, 0.25) is 0 Å². The molecule has 0 amide bonds. The molecule has 0 radical (unpaired) electrons. The summed E-state index contributed by atoms with van der Waals surface area (Å²) >= 11 is 0. The highest BCUT2D eigenvalue weighted by Gasteiger charge is 2.30. The number of phosphoric acid groups is 2. The number of carbonyl (C=O) groups is 4. The van der Waals surface area contributed by atoms with Gasteiger partial charge in [0.15, 0.2) is 12.2 Å². The molecular formula is C63H122O17P2. The third kappa shape index (κ3) is 54.7. The molecule has 0 aromatic rings. The SMILES string of the molecule is CCC(C)CCCCCCCCC(=O)OC[C@H](COP(=O)(O)OC[C@H](O)COP(=O)(O)OC[C@@H](COC(=O)CCCCCCCCCCCCC(C)C)OC(=O)CCCCCCCCC(C)CC)OC(=O)CCCCCCCCC(C)C. The highest BCUT2D eigenvalue weighted by Crippen LogP contribution is 2.45. The Kier molecular flexibility index (Phi) is 52.0. The number of hydrogen-bond acceptors (Lipinski definition) is 15. The number of phosphoric ester groups is 2. The first-order valence-electron chi connectivity index (χ1n) is 32.8. The van der Waals surface area contributed by atoms with Crippen molar-refractivity contribution >= 4 is 39.5 Å². The van der Waals surface area contributed by atoms with Crippen molar-refractivity contribution in [2.75, 3.05) is 39.6 Å². The molecule has 0 aliphatic heterocycles. The number of rotatable bonds is 60. The van der Waals surface area contributed by atoms with E-state index in [2.05, 4.69) is 55.4 Å². The van der Waals surface area contributed by atoms with E-state index in [9.17, 15) is 43.2 Å². The van der Waals surface area contributed by atoms with E-state index in [-0.39, 0.29) is 25.7 Å². The fourth-order valence-corrected chi connectivity index (χ4v) is 10.8. The molecule has 0 rings (SSSR count). The maximum atomic E-state index is 13.0. The third-order valence-electron chi connectivity index (χ3n) is 15.0. The fourth-order valence-electron chi connectivity index (χ4n) is 9.19. The van der Waals surface area contributed by atoms with E-state index in [1.165, 1.54) is 96.3 Å². The lowest BCUT2D eigenvalue weighted by atomic mass is 10.00. The molecule has 19 heteroatoms. The highest BCUT2D eigenvalue weighted by molar-refractivity contribution is 7.47. The van der Waals surface area contributed by atoms with Crippen LogP contribution in [0.3, 0.4) is 0 Å². The summed E-state index contributed by atoms with van der Waals surface area (Å²) in [5.41, 5.74) is 0. The van der Waals surface area contributed by atoms with Crippen LogP contribution in [0, 0.1) is 23.7 Å². The molecule has 486 valence electrons. The molecule has 17 nitrogen and oxygen atoms in total. The molecule has 0 saturated heterocycles. The molecular weight excluding hydrogens is 1090 g/mol. The Hall–Kier alpha value is -1.94. The molecule has 0 aliphatic carbocycles. The van der Waals surface area contributed by atoms with Crippen LogP contribution >= 0.6 is 15.6 Å². The smallest absolute Gasteiger partial charge is 0.462 e. The van der Waals surface area contributed by atoms with Gasteiger partial charge >= 0.3 is 39.5 Å². The Morgan fingerprint density at radius 1 is 0.341 bits per heavy atom. The summed E-state index contributed by atoms with van der Waals surface area (Å²) in [6.45, 7) is 13.9. The summed E-state index contributed by atoms with van der Waals surface area (Å²) in [4.78, 5) is 72.1. The van der Waals surface area contributed by atoms with Crippen molar-refractivity contribution in [2.45, 2.75) is 318 Å².